The smallest absolute Gasteiger partial charge is 0.222 e. The van der Waals surface area contributed by atoms with Crippen molar-refractivity contribution < 1.29 is 9.53 Å². The van der Waals surface area contributed by atoms with E-state index in [4.69, 9.17) is 4.74 Å². The number of fused-ring (bicyclic) bond motifs is 1. The zero-order chi connectivity index (χ0) is 14.7. The Kier molecular flexibility index (Phi) is 4.25. The summed E-state index contributed by atoms with van der Waals surface area (Å²) in [6.07, 6.45) is 5.75. The van der Waals surface area contributed by atoms with Crippen LogP contribution in [0.2, 0.25) is 0 Å². The van der Waals surface area contributed by atoms with Crippen molar-refractivity contribution in [1.82, 2.24) is 9.88 Å². The molecule has 1 N–H and O–H groups in total. The Labute approximate surface area is 125 Å². The van der Waals surface area contributed by atoms with Crippen molar-refractivity contribution in [1.29, 1.82) is 0 Å². The second kappa shape index (κ2) is 6.31. The van der Waals surface area contributed by atoms with Crippen molar-refractivity contribution in [3.05, 3.63) is 36.0 Å². The number of hydrogen-bond acceptors (Lipinski definition) is 2. The lowest BCUT2D eigenvalue weighted by atomic mass is 10.1. The van der Waals surface area contributed by atoms with E-state index in [1.54, 1.807) is 0 Å². The summed E-state index contributed by atoms with van der Waals surface area (Å²) in [5, 5.41) is 1.21. The molecule has 0 saturated carbocycles. The van der Waals surface area contributed by atoms with Crippen LogP contribution in [0, 0.1) is 0 Å². The van der Waals surface area contributed by atoms with Crippen LogP contribution in [-0.4, -0.2) is 42.1 Å². The first-order valence-electron chi connectivity index (χ1n) is 7.64. The number of aryl methyl sites for hydroxylation is 1. The minimum Gasteiger partial charge on any atom is -0.376 e. The molecule has 1 aliphatic heterocycles. The maximum absolute atomic E-state index is 12.2. The number of nitrogens with one attached hydrogen (secondary N) is 1. The van der Waals surface area contributed by atoms with Crippen LogP contribution in [0.3, 0.4) is 0 Å². The van der Waals surface area contributed by atoms with Gasteiger partial charge in [0.2, 0.25) is 5.91 Å². The third-order valence-corrected chi connectivity index (χ3v) is 4.21. The minimum absolute atomic E-state index is 0.191. The molecule has 3 rings (SSSR count). The molecular weight excluding hydrogens is 264 g/mol. The summed E-state index contributed by atoms with van der Waals surface area (Å²) >= 11 is 0. The van der Waals surface area contributed by atoms with Crippen LogP contribution >= 0.6 is 0 Å². The lowest BCUT2D eigenvalue weighted by Crippen LogP contribution is -2.34. The predicted molar refractivity (Wildman–Crippen MR) is 83.2 cm³/mol. The zero-order valence-corrected chi connectivity index (χ0v) is 12.5. The molecule has 0 bridgehead atoms. The van der Waals surface area contributed by atoms with E-state index in [-0.39, 0.29) is 12.0 Å². The van der Waals surface area contributed by atoms with Crippen LogP contribution in [-0.2, 0) is 16.0 Å². The van der Waals surface area contributed by atoms with E-state index in [1.807, 2.05) is 30.3 Å². The molecule has 1 fully saturated rings. The molecule has 2 aromatic rings. The van der Waals surface area contributed by atoms with Crippen LogP contribution in [0.4, 0.5) is 0 Å². The van der Waals surface area contributed by atoms with E-state index >= 15 is 0 Å². The average molecular weight is 286 g/mol. The van der Waals surface area contributed by atoms with Crippen molar-refractivity contribution in [3.8, 4) is 0 Å². The van der Waals surface area contributed by atoms with Crippen LogP contribution < -0.4 is 0 Å². The van der Waals surface area contributed by atoms with Gasteiger partial charge in [0, 0.05) is 43.7 Å². The number of H-pyrrole nitrogens is 1. The largest absolute Gasteiger partial charge is 0.376 e. The number of aromatic amines is 1. The summed E-state index contributed by atoms with van der Waals surface area (Å²) in [6.45, 7) is 1.55. The van der Waals surface area contributed by atoms with Crippen molar-refractivity contribution >= 4 is 16.8 Å². The highest BCUT2D eigenvalue weighted by atomic mass is 16.5. The number of likely N-dealkylation sites (N-methyl/N-ethyl adjacent to an activating group) is 1. The monoisotopic (exact) mass is 286 g/mol. The standard InChI is InChI=1S/C17H22N2O2/c1-19(12-14-5-4-10-21-14)17(20)9-8-13-11-18-16-7-3-2-6-15(13)16/h2-3,6-7,11,14,18H,4-5,8-10,12H2,1H3. The fourth-order valence-corrected chi connectivity index (χ4v) is 2.97. The fraction of sp³-hybridized carbons (Fsp3) is 0.471. The third kappa shape index (κ3) is 3.27. The molecule has 2 heterocycles. The number of rotatable bonds is 5. The van der Waals surface area contributed by atoms with Gasteiger partial charge < -0.3 is 14.6 Å². The highest BCUT2D eigenvalue weighted by molar-refractivity contribution is 5.84. The molecule has 1 atom stereocenters. The van der Waals surface area contributed by atoms with E-state index in [9.17, 15) is 4.79 Å². The Morgan fingerprint density at radius 2 is 2.29 bits per heavy atom. The molecule has 21 heavy (non-hydrogen) atoms. The number of benzene rings is 1. The van der Waals surface area contributed by atoms with Gasteiger partial charge in [0.25, 0.3) is 0 Å². The molecule has 1 unspecified atom stereocenters. The molecule has 0 spiro atoms. The Morgan fingerprint density at radius 3 is 3.10 bits per heavy atom. The Hall–Kier alpha value is -1.81. The second-order valence-corrected chi connectivity index (χ2v) is 5.77. The zero-order valence-electron chi connectivity index (χ0n) is 12.5. The van der Waals surface area contributed by atoms with E-state index in [0.717, 1.165) is 31.4 Å². The molecule has 1 amide bonds. The number of nitrogens with zero attached hydrogens (tertiary/aromatic N) is 1. The maximum atomic E-state index is 12.2. The summed E-state index contributed by atoms with van der Waals surface area (Å²) in [5.74, 6) is 0.191. The number of aromatic nitrogens is 1. The molecular formula is C17H22N2O2. The van der Waals surface area contributed by atoms with Crippen molar-refractivity contribution in [3.63, 3.8) is 0 Å². The molecule has 112 valence electrons. The molecule has 1 aliphatic rings. The number of ether oxygens (including phenoxy) is 1. The highest BCUT2D eigenvalue weighted by Gasteiger charge is 2.20. The Morgan fingerprint density at radius 1 is 1.43 bits per heavy atom. The lowest BCUT2D eigenvalue weighted by molar-refractivity contribution is -0.131. The van der Waals surface area contributed by atoms with Gasteiger partial charge in [0.05, 0.1) is 6.10 Å². The van der Waals surface area contributed by atoms with E-state index in [0.29, 0.717) is 13.0 Å². The van der Waals surface area contributed by atoms with E-state index in [2.05, 4.69) is 17.1 Å². The summed E-state index contributed by atoms with van der Waals surface area (Å²) in [4.78, 5) is 17.3. The topological polar surface area (TPSA) is 45.3 Å². The van der Waals surface area contributed by atoms with Crippen molar-refractivity contribution in [2.75, 3.05) is 20.2 Å². The van der Waals surface area contributed by atoms with Crippen LogP contribution in [0.5, 0.6) is 0 Å². The first-order chi connectivity index (χ1) is 10.2. The third-order valence-electron chi connectivity index (χ3n) is 4.21. The molecule has 1 saturated heterocycles. The summed E-state index contributed by atoms with van der Waals surface area (Å²) < 4.78 is 5.58. The number of carbonyl (C=O) groups is 1. The van der Waals surface area contributed by atoms with Gasteiger partial charge in [-0.25, -0.2) is 0 Å². The van der Waals surface area contributed by atoms with Gasteiger partial charge in [0.1, 0.15) is 0 Å². The van der Waals surface area contributed by atoms with Gasteiger partial charge in [-0.1, -0.05) is 18.2 Å². The Bertz CT molecular complexity index is 614. The maximum Gasteiger partial charge on any atom is 0.222 e. The number of hydrogen-bond donors (Lipinski definition) is 1. The summed E-state index contributed by atoms with van der Waals surface area (Å²) in [6, 6.07) is 8.21. The van der Waals surface area contributed by atoms with Gasteiger partial charge in [-0.15, -0.1) is 0 Å². The SMILES string of the molecule is CN(CC1CCCO1)C(=O)CCc1c[nH]c2ccccc12. The van der Waals surface area contributed by atoms with Crippen LogP contribution in [0.1, 0.15) is 24.8 Å². The van der Waals surface area contributed by atoms with Crippen LogP contribution in [0.15, 0.2) is 30.5 Å². The fourth-order valence-electron chi connectivity index (χ4n) is 2.97. The van der Waals surface area contributed by atoms with Crippen LogP contribution in [0.25, 0.3) is 10.9 Å². The van der Waals surface area contributed by atoms with E-state index in [1.165, 1.54) is 10.9 Å². The minimum atomic E-state index is 0.191. The average Bonchev–Trinajstić information content (AvgIpc) is 3.14. The normalized spacial score (nSPS) is 18.2. The number of amides is 1. The highest BCUT2D eigenvalue weighted by Crippen LogP contribution is 2.19. The summed E-state index contributed by atoms with van der Waals surface area (Å²) in [7, 11) is 1.87. The molecule has 1 aromatic carbocycles. The van der Waals surface area contributed by atoms with Gasteiger partial charge in [-0.3, -0.25) is 4.79 Å². The lowest BCUT2D eigenvalue weighted by Gasteiger charge is -2.20. The van der Waals surface area contributed by atoms with Crippen molar-refractivity contribution in [2.45, 2.75) is 31.8 Å². The second-order valence-electron chi connectivity index (χ2n) is 5.77. The predicted octanol–water partition coefficient (Wildman–Crippen LogP) is 2.74. The first kappa shape index (κ1) is 14.1. The van der Waals surface area contributed by atoms with Gasteiger partial charge >= 0.3 is 0 Å². The Balaban J connectivity index is 1.55. The van der Waals surface area contributed by atoms with Gasteiger partial charge in [-0.05, 0) is 30.9 Å². The molecule has 4 nitrogen and oxygen atoms in total. The quantitative estimate of drug-likeness (QED) is 0.918. The first-order valence-corrected chi connectivity index (χ1v) is 7.64. The van der Waals surface area contributed by atoms with Gasteiger partial charge in [0.15, 0.2) is 0 Å². The summed E-state index contributed by atoms with van der Waals surface area (Å²) in [5.41, 5.74) is 2.34. The van der Waals surface area contributed by atoms with Crippen molar-refractivity contribution in [2.24, 2.45) is 0 Å². The molecule has 0 radical (unpaired) electrons. The molecule has 0 aliphatic carbocycles. The number of carbonyl (C=O) groups excluding carboxylic acids is 1. The molecule has 1 aromatic heterocycles. The van der Waals surface area contributed by atoms with Gasteiger partial charge in [-0.2, -0.15) is 0 Å². The number of para-hydroxylation sites is 1. The van der Waals surface area contributed by atoms with E-state index < -0.39 is 0 Å². The molecule has 4 heteroatoms.